The Morgan fingerprint density at radius 2 is 1.81 bits per heavy atom. The normalized spacial score (nSPS) is 27.2. The molecule has 1 aromatic rings. The molecule has 1 heterocycles. The maximum absolute atomic E-state index is 6.60. The standard InChI is InChI=1S/C22H39N3O/c1-5-7-8-9-15-22(3,14-6-2)26-16-19-17-10-12-20-21(13-11-18(17)19)25(4)24-23-20/h17-19H,5-16H2,1-4H3/t17-,18+,19-,22?/m0/s1. The van der Waals surface area contributed by atoms with E-state index in [1.165, 1.54) is 69.2 Å². The van der Waals surface area contributed by atoms with Gasteiger partial charge in [0.2, 0.25) is 0 Å². The molecule has 0 bridgehead atoms. The van der Waals surface area contributed by atoms with Crippen molar-refractivity contribution in [3.8, 4) is 0 Å². The lowest BCUT2D eigenvalue weighted by molar-refractivity contribution is -0.0531. The number of fused-ring (bicyclic) bond motifs is 2. The molecular weight excluding hydrogens is 322 g/mol. The van der Waals surface area contributed by atoms with E-state index in [1.54, 1.807) is 0 Å². The number of ether oxygens (including phenoxy) is 1. The van der Waals surface area contributed by atoms with E-state index in [9.17, 15) is 0 Å². The third-order valence-electron chi connectivity index (χ3n) is 6.92. The van der Waals surface area contributed by atoms with Crippen molar-refractivity contribution >= 4 is 0 Å². The van der Waals surface area contributed by atoms with Crippen molar-refractivity contribution in [3.63, 3.8) is 0 Å². The number of hydrogen-bond acceptors (Lipinski definition) is 3. The molecule has 4 nitrogen and oxygen atoms in total. The molecule has 1 unspecified atom stereocenters. The number of aryl methyl sites for hydroxylation is 2. The monoisotopic (exact) mass is 361 g/mol. The molecule has 0 spiro atoms. The summed E-state index contributed by atoms with van der Waals surface area (Å²) in [6.07, 6.45) is 13.8. The molecule has 3 rings (SSSR count). The molecule has 4 atom stereocenters. The third-order valence-corrected chi connectivity index (χ3v) is 6.92. The van der Waals surface area contributed by atoms with E-state index < -0.39 is 0 Å². The fraction of sp³-hybridized carbons (Fsp3) is 0.909. The van der Waals surface area contributed by atoms with Crippen molar-refractivity contribution in [3.05, 3.63) is 11.4 Å². The summed E-state index contributed by atoms with van der Waals surface area (Å²) in [5, 5.41) is 8.59. The average molecular weight is 362 g/mol. The average Bonchev–Trinajstić information content (AvgIpc) is 3.14. The summed E-state index contributed by atoms with van der Waals surface area (Å²) in [5.41, 5.74) is 2.69. The highest BCUT2D eigenvalue weighted by Crippen LogP contribution is 2.53. The molecule has 1 fully saturated rings. The largest absolute Gasteiger partial charge is 0.375 e. The van der Waals surface area contributed by atoms with Crippen LogP contribution in [0.25, 0.3) is 0 Å². The lowest BCUT2D eigenvalue weighted by Gasteiger charge is -2.30. The first-order valence-corrected chi connectivity index (χ1v) is 11.1. The molecule has 2 aliphatic carbocycles. The van der Waals surface area contributed by atoms with Crippen LogP contribution in [0.3, 0.4) is 0 Å². The predicted molar refractivity (Wildman–Crippen MR) is 106 cm³/mol. The lowest BCUT2D eigenvalue weighted by Crippen LogP contribution is -2.30. The topological polar surface area (TPSA) is 39.9 Å². The van der Waals surface area contributed by atoms with Crippen LogP contribution in [0.5, 0.6) is 0 Å². The zero-order valence-electron chi connectivity index (χ0n) is 17.5. The Labute approximate surface area is 160 Å². The predicted octanol–water partition coefficient (Wildman–Crippen LogP) is 5.10. The van der Waals surface area contributed by atoms with Crippen LogP contribution >= 0.6 is 0 Å². The summed E-state index contributed by atoms with van der Waals surface area (Å²) >= 11 is 0. The SMILES string of the molecule is CCCCCCC(C)(CCC)OC[C@@H]1[C@@H]2CCc3c(nnn3C)CC[C@@H]21. The van der Waals surface area contributed by atoms with Gasteiger partial charge in [0.25, 0.3) is 0 Å². The molecule has 0 aromatic carbocycles. The minimum absolute atomic E-state index is 0.0921. The van der Waals surface area contributed by atoms with Crippen LogP contribution in [0.4, 0.5) is 0 Å². The van der Waals surface area contributed by atoms with Crippen LogP contribution in [0.2, 0.25) is 0 Å². The maximum Gasteiger partial charge on any atom is 0.0859 e. The van der Waals surface area contributed by atoms with Gasteiger partial charge in [-0.25, -0.2) is 0 Å². The molecule has 0 aliphatic heterocycles. The van der Waals surface area contributed by atoms with Gasteiger partial charge in [0.1, 0.15) is 0 Å². The van der Waals surface area contributed by atoms with Crippen molar-refractivity contribution in [2.45, 2.75) is 97.0 Å². The Morgan fingerprint density at radius 3 is 2.54 bits per heavy atom. The van der Waals surface area contributed by atoms with Gasteiger partial charge in [0, 0.05) is 7.05 Å². The molecule has 0 saturated heterocycles. The van der Waals surface area contributed by atoms with E-state index in [1.807, 2.05) is 11.7 Å². The van der Waals surface area contributed by atoms with Crippen molar-refractivity contribution in [1.29, 1.82) is 0 Å². The van der Waals surface area contributed by atoms with E-state index in [-0.39, 0.29) is 5.60 Å². The highest BCUT2D eigenvalue weighted by Gasteiger charge is 2.50. The van der Waals surface area contributed by atoms with Crippen LogP contribution in [-0.4, -0.2) is 27.2 Å². The molecule has 4 heteroatoms. The molecule has 0 amide bonds. The zero-order valence-corrected chi connectivity index (χ0v) is 17.5. The summed E-state index contributed by atoms with van der Waals surface area (Å²) < 4.78 is 8.58. The van der Waals surface area contributed by atoms with Crippen LogP contribution in [-0.2, 0) is 24.6 Å². The summed E-state index contributed by atoms with van der Waals surface area (Å²) in [5.74, 6) is 2.50. The second kappa shape index (κ2) is 8.86. The van der Waals surface area contributed by atoms with Crippen molar-refractivity contribution in [2.75, 3.05) is 6.61 Å². The maximum atomic E-state index is 6.60. The first-order chi connectivity index (χ1) is 12.6. The van der Waals surface area contributed by atoms with Gasteiger partial charge in [-0.15, -0.1) is 5.10 Å². The van der Waals surface area contributed by atoms with Crippen molar-refractivity contribution in [2.24, 2.45) is 24.8 Å². The highest BCUT2D eigenvalue weighted by molar-refractivity contribution is 5.14. The van der Waals surface area contributed by atoms with E-state index in [4.69, 9.17) is 4.74 Å². The Morgan fingerprint density at radius 1 is 1.04 bits per heavy atom. The number of aromatic nitrogens is 3. The van der Waals surface area contributed by atoms with Gasteiger partial charge in [-0.1, -0.05) is 51.2 Å². The van der Waals surface area contributed by atoms with Crippen LogP contribution < -0.4 is 0 Å². The van der Waals surface area contributed by atoms with Crippen LogP contribution in [0.15, 0.2) is 0 Å². The van der Waals surface area contributed by atoms with E-state index >= 15 is 0 Å². The highest BCUT2D eigenvalue weighted by atomic mass is 16.5. The fourth-order valence-electron chi connectivity index (χ4n) is 5.18. The number of nitrogens with zero attached hydrogens (tertiary/aromatic N) is 3. The molecule has 0 radical (unpaired) electrons. The van der Waals surface area contributed by atoms with Crippen molar-refractivity contribution < 1.29 is 4.74 Å². The van der Waals surface area contributed by atoms with Gasteiger partial charge >= 0.3 is 0 Å². The number of hydrogen-bond donors (Lipinski definition) is 0. The Bertz CT molecular complexity index is 570. The summed E-state index contributed by atoms with van der Waals surface area (Å²) in [4.78, 5) is 0. The molecular formula is C22H39N3O. The van der Waals surface area contributed by atoms with Crippen LogP contribution in [0, 0.1) is 17.8 Å². The molecule has 26 heavy (non-hydrogen) atoms. The second-order valence-electron chi connectivity index (χ2n) is 9.00. The zero-order chi connectivity index (χ0) is 18.6. The first kappa shape index (κ1) is 19.9. The quantitative estimate of drug-likeness (QED) is 0.544. The summed E-state index contributed by atoms with van der Waals surface area (Å²) in [6.45, 7) is 7.91. The van der Waals surface area contributed by atoms with Gasteiger partial charge in [0.05, 0.1) is 23.6 Å². The second-order valence-corrected chi connectivity index (χ2v) is 9.00. The smallest absolute Gasteiger partial charge is 0.0859 e. The van der Waals surface area contributed by atoms with Gasteiger partial charge in [0.15, 0.2) is 0 Å². The number of unbranched alkanes of at least 4 members (excludes halogenated alkanes) is 3. The van der Waals surface area contributed by atoms with Crippen LogP contribution in [0.1, 0.15) is 89.9 Å². The first-order valence-electron chi connectivity index (χ1n) is 11.1. The third kappa shape index (κ3) is 4.68. The Kier molecular flexibility index (Phi) is 6.76. The van der Waals surface area contributed by atoms with Gasteiger partial charge in [-0.2, -0.15) is 0 Å². The van der Waals surface area contributed by atoms with Gasteiger partial charge in [-0.05, 0) is 63.2 Å². The summed E-state index contributed by atoms with van der Waals surface area (Å²) in [7, 11) is 2.03. The Balaban J connectivity index is 1.48. The minimum atomic E-state index is 0.0921. The Hall–Kier alpha value is -0.900. The van der Waals surface area contributed by atoms with E-state index in [2.05, 4.69) is 31.1 Å². The van der Waals surface area contributed by atoms with E-state index in [0.717, 1.165) is 37.2 Å². The molecule has 148 valence electrons. The fourth-order valence-corrected chi connectivity index (χ4v) is 5.18. The van der Waals surface area contributed by atoms with E-state index in [0.29, 0.717) is 0 Å². The molecule has 1 saturated carbocycles. The summed E-state index contributed by atoms with van der Waals surface area (Å²) in [6, 6.07) is 0. The lowest BCUT2D eigenvalue weighted by atomic mass is 9.93. The number of rotatable bonds is 10. The van der Waals surface area contributed by atoms with Gasteiger partial charge < -0.3 is 4.74 Å². The minimum Gasteiger partial charge on any atom is -0.375 e. The molecule has 2 aliphatic rings. The van der Waals surface area contributed by atoms with Crippen molar-refractivity contribution in [1.82, 2.24) is 15.0 Å². The molecule has 0 N–H and O–H groups in total. The molecule has 1 aromatic heterocycles. The van der Waals surface area contributed by atoms with Gasteiger partial charge in [-0.3, -0.25) is 4.68 Å².